The number of aliphatic hydroxyl groups is 3. The van der Waals surface area contributed by atoms with Gasteiger partial charge in [-0.2, -0.15) is 36.4 Å². The summed E-state index contributed by atoms with van der Waals surface area (Å²) in [7, 11) is 0. The Morgan fingerprint density at radius 1 is 0.867 bits per heavy atom. The van der Waals surface area contributed by atoms with Crippen molar-refractivity contribution in [3.8, 4) is 0 Å². The van der Waals surface area contributed by atoms with Crippen molar-refractivity contribution in [1.29, 1.82) is 0 Å². The molecule has 6 nitrogen and oxygen atoms in total. The fourth-order valence-corrected chi connectivity index (χ4v) is 1.76. The third kappa shape index (κ3) is 56.4. The Morgan fingerprint density at radius 2 is 1.23 bits per heavy atom. The van der Waals surface area contributed by atoms with E-state index < -0.39 is 5.97 Å². The minimum atomic E-state index is -0.865. The summed E-state index contributed by atoms with van der Waals surface area (Å²) < 4.78 is 5.14. The van der Waals surface area contributed by atoms with Crippen molar-refractivity contribution in [2.75, 3.05) is 6.61 Å². The summed E-state index contributed by atoms with van der Waals surface area (Å²) in [6.07, 6.45) is 5.42. The average Bonchev–Trinajstić information content (AvgIpc) is 2.61. The molecule has 176 valence electrons. The second kappa shape index (κ2) is 28.2. The number of ether oxygens (including phenoxy) is 1. The molecule has 1 aliphatic rings. The van der Waals surface area contributed by atoms with Gasteiger partial charge in [-0.3, -0.25) is 0 Å². The average molecular weight is 463 g/mol. The van der Waals surface area contributed by atoms with Gasteiger partial charge in [-0.1, -0.05) is 19.3 Å². The number of hydrogen-bond donors (Lipinski definition) is 4. The summed E-state index contributed by atoms with van der Waals surface area (Å²) in [5.74, 6) is -0.865. The quantitative estimate of drug-likeness (QED) is 0.398. The number of carboxylic acids is 1. The summed E-state index contributed by atoms with van der Waals surface area (Å²) in [5, 5.41) is 32.5. The largest absolute Gasteiger partial charge is 0.480 e. The molecule has 7 heteroatoms. The molecule has 2 rings (SSSR count). The van der Waals surface area contributed by atoms with Gasteiger partial charge >= 0.3 is 5.97 Å². The number of rotatable bonds is 3. The number of carboxylic acid groups (broad SMARTS) is 1. The predicted molar refractivity (Wildman–Crippen MR) is 118 cm³/mol. The van der Waals surface area contributed by atoms with E-state index in [1.807, 2.05) is 30.3 Å². The molecule has 0 atom stereocenters. The van der Waals surface area contributed by atoms with Gasteiger partial charge in [0.15, 0.2) is 0 Å². The van der Waals surface area contributed by atoms with Crippen LogP contribution < -0.4 is 0 Å². The molecule has 1 fully saturated rings. The van der Waals surface area contributed by atoms with Crippen molar-refractivity contribution in [3.05, 3.63) is 36.4 Å². The molecule has 1 aromatic carbocycles. The summed E-state index contributed by atoms with van der Waals surface area (Å²) in [4.78, 5) is 10.1. The molecule has 1 aliphatic carbocycles. The van der Waals surface area contributed by atoms with Crippen molar-refractivity contribution >= 4 is 5.97 Å². The van der Waals surface area contributed by atoms with Crippen molar-refractivity contribution in [2.45, 2.75) is 98.1 Å². The Balaban J connectivity index is -0.000000153. The van der Waals surface area contributed by atoms with Crippen LogP contribution in [0.2, 0.25) is 0 Å². The third-order valence-electron chi connectivity index (χ3n) is 2.60. The molecular formula is C23H43O6Ti-. The van der Waals surface area contributed by atoms with Crippen molar-refractivity contribution in [2.24, 2.45) is 0 Å². The van der Waals surface area contributed by atoms with E-state index in [1.54, 1.807) is 41.5 Å². The summed E-state index contributed by atoms with van der Waals surface area (Å²) >= 11 is 0. The fraction of sp³-hybridized carbons (Fsp3) is 0.696. The second-order valence-corrected chi connectivity index (χ2v) is 7.32. The first-order valence-corrected chi connectivity index (χ1v) is 10.3. The number of hydrogen-bond acceptors (Lipinski definition) is 5. The topological polar surface area (TPSA) is 107 Å². The molecular weight excluding hydrogens is 420 g/mol. The third-order valence-corrected chi connectivity index (χ3v) is 2.60. The molecule has 0 saturated heterocycles. The van der Waals surface area contributed by atoms with Crippen LogP contribution in [-0.2, 0) is 31.2 Å². The van der Waals surface area contributed by atoms with E-state index in [-0.39, 0.29) is 52.7 Å². The summed E-state index contributed by atoms with van der Waals surface area (Å²) in [6.45, 7) is 10.2. The van der Waals surface area contributed by atoms with Gasteiger partial charge in [0.25, 0.3) is 0 Å². The van der Waals surface area contributed by atoms with Gasteiger partial charge in [-0.05, 0) is 54.4 Å². The van der Waals surface area contributed by atoms with E-state index in [0.717, 1.165) is 12.8 Å². The van der Waals surface area contributed by atoms with Crippen LogP contribution in [-0.4, -0.2) is 57.4 Å². The molecule has 0 amide bonds. The van der Waals surface area contributed by atoms with Crippen molar-refractivity contribution in [3.63, 3.8) is 0 Å². The molecule has 0 bridgehead atoms. The normalized spacial score (nSPS) is 12.5. The maximum Gasteiger partial charge on any atom is 0.329 e. The molecule has 0 spiro atoms. The van der Waals surface area contributed by atoms with Gasteiger partial charge in [-0.15, -0.1) is 0 Å². The van der Waals surface area contributed by atoms with Crippen LogP contribution in [0.15, 0.2) is 30.3 Å². The zero-order valence-electron chi connectivity index (χ0n) is 19.5. The number of aliphatic carboxylic acids is 1. The number of carbonyl (C=O) groups is 1. The van der Waals surface area contributed by atoms with E-state index in [2.05, 4.69) is 6.07 Å². The van der Waals surface area contributed by atoms with Crippen LogP contribution in [0.25, 0.3) is 0 Å². The number of benzene rings is 1. The molecule has 4 N–H and O–H groups in total. The molecule has 1 saturated carbocycles. The Kier molecular flexibility index (Phi) is 34.5. The number of aliphatic hydroxyl groups excluding tert-OH is 3. The molecule has 0 radical (unpaired) electrons. The van der Waals surface area contributed by atoms with Gasteiger partial charge < -0.3 is 25.2 Å². The van der Waals surface area contributed by atoms with Crippen molar-refractivity contribution in [1.82, 2.24) is 0 Å². The molecule has 0 aromatic heterocycles. The van der Waals surface area contributed by atoms with Gasteiger partial charge in [0, 0.05) is 40.0 Å². The van der Waals surface area contributed by atoms with E-state index in [4.69, 9.17) is 25.2 Å². The van der Waals surface area contributed by atoms with Crippen LogP contribution in [0, 0.1) is 6.07 Å². The van der Waals surface area contributed by atoms with Crippen LogP contribution >= 0.6 is 0 Å². The van der Waals surface area contributed by atoms with Crippen molar-refractivity contribution < 1.29 is 51.7 Å². The Hall–Kier alpha value is -0.756. The molecule has 0 unspecified atom stereocenters. The van der Waals surface area contributed by atoms with Crippen LogP contribution in [0.4, 0.5) is 0 Å². The standard InChI is InChI=1S/C8H14O3.C6H5.3C3H8O.Ti/c9-8(10)6-11-7-4-2-1-3-5-7;1-2-4-6-5-3-1;3*1-3(2)4;/h7H,1-6H2,(H,9,10);1-5H;3*3-4H,1-2H3;/q;-1;;;;. The van der Waals surface area contributed by atoms with Crippen LogP contribution in [0.5, 0.6) is 0 Å². The Labute approximate surface area is 198 Å². The van der Waals surface area contributed by atoms with E-state index in [1.165, 1.54) is 19.3 Å². The first-order chi connectivity index (χ1) is 13.5. The predicted octanol–water partition coefficient (Wildman–Crippen LogP) is 4.07. The molecule has 30 heavy (non-hydrogen) atoms. The fourth-order valence-electron chi connectivity index (χ4n) is 1.76. The zero-order chi connectivity index (χ0) is 23.1. The Bertz CT molecular complexity index is 372. The van der Waals surface area contributed by atoms with Gasteiger partial charge in [0.1, 0.15) is 6.61 Å². The maximum atomic E-state index is 10.1. The second-order valence-electron chi connectivity index (χ2n) is 7.32. The first kappa shape index (κ1) is 36.6. The zero-order valence-corrected chi connectivity index (χ0v) is 21.1. The van der Waals surface area contributed by atoms with E-state index >= 15 is 0 Å². The van der Waals surface area contributed by atoms with Gasteiger partial charge in [0.2, 0.25) is 0 Å². The first-order valence-electron chi connectivity index (χ1n) is 10.3. The smallest absolute Gasteiger partial charge is 0.329 e. The van der Waals surface area contributed by atoms with Crippen LogP contribution in [0.1, 0.15) is 73.6 Å². The van der Waals surface area contributed by atoms with Crippen LogP contribution in [0.3, 0.4) is 0 Å². The summed E-state index contributed by atoms with van der Waals surface area (Å²) in [6, 6.07) is 12.5. The molecule has 1 aromatic rings. The van der Waals surface area contributed by atoms with Gasteiger partial charge in [-0.25, -0.2) is 4.79 Å². The monoisotopic (exact) mass is 463 g/mol. The SMILES string of the molecule is CC(C)O.CC(C)O.CC(C)O.O=C(O)COC1CCCCC1.[Ti].[c-]1ccccc1. The Morgan fingerprint density at radius 3 is 1.47 bits per heavy atom. The van der Waals surface area contributed by atoms with E-state index in [0.29, 0.717) is 0 Å². The minimum absolute atomic E-state index is 0. The summed E-state index contributed by atoms with van der Waals surface area (Å²) in [5.41, 5.74) is 0. The minimum Gasteiger partial charge on any atom is -0.480 e. The maximum absolute atomic E-state index is 10.1. The molecule has 0 aliphatic heterocycles. The molecule has 0 heterocycles. The van der Waals surface area contributed by atoms with E-state index in [9.17, 15) is 4.79 Å². The van der Waals surface area contributed by atoms with Gasteiger partial charge in [0.05, 0.1) is 6.10 Å².